The summed E-state index contributed by atoms with van der Waals surface area (Å²) in [5.41, 5.74) is -0.395. The predicted octanol–water partition coefficient (Wildman–Crippen LogP) is 2.76. The van der Waals surface area contributed by atoms with Gasteiger partial charge in [0.05, 0.1) is 5.92 Å². The van der Waals surface area contributed by atoms with E-state index in [1.54, 1.807) is 0 Å². The molecule has 0 bridgehead atoms. The van der Waals surface area contributed by atoms with Crippen molar-refractivity contribution >= 4 is 5.97 Å². The first-order chi connectivity index (χ1) is 7.43. The predicted molar refractivity (Wildman–Crippen MR) is 51.4 cm³/mol. The average molecular weight is 232 g/mol. The Hall–Kier alpha value is -1.52. The number of rotatable bonds is 4. The zero-order chi connectivity index (χ0) is 12.3. The Morgan fingerprint density at radius 3 is 2.44 bits per heavy atom. The summed E-state index contributed by atoms with van der Waals surface area (Å²) in [6.07, 6.45) is -0.0739. The fourth-order valence-electron chi connectivity index (χ4n) is 1.28. The van der Waals surface area contributed by atoms with Gasteiger partial charge in [-0.25, -0.2) is 13.2 Å². The fourth-order valence-corrected chi connectivity index (χ4v) is 1.28. The van der Waals surface area contributed by atoms with E-state index in [0.29, 0.717) is 6.07 Å². The third-order valence-electron chi connectivity index (χ3n) is 2.39. The first kappa shape index (κ1) is 12.5. The van der Waals surface area contributed by atoms with Crippen molar-refractivity contribution in [2.24, 2.45) is 5.92 Å². The molecule has 0 fully saturated rings. The smallest absolute Gasteiger partial charge is 0.306 e. The van der Waals surface area contributed by atoms with Crippen molar-refractivity contribution in [2.75, 3.05) is 0 Å². The molecule has 0 aliphatic carbocycles. The third-order valence-corrected chi connectivity index (χ3v) is 2.39. The highest BCUT2D eigenvalue weighted by Gasteiger charge is 2.17. The number of carboxylic acids is 1. The molecular weight excluding hydrogens is 221 g/mol. The zero-order valence-electron chi connectivity index (χ0n) is 8.64. The second kappa shape index (κ2) is 5.01. The second-order valence-electron chi connectivity index (χ2n) is 3.60. The molecule has 0 aliphatic heterocycles. The second-order valence-corrected chi connectivity index (χ2v) is 3.60. The number of carboxylic acid groups (broad SMARTS) is 1. The lowest BCUT2D eigenvalue weighted by atomic mass is 10.0. The SMILES string of the molecule is CC(CCc1c(F)ccc(F)c1F)C(=O)O. The minimum atomic E-state index is -1.24. The van der Waals surface area contributed by atoms with Gasteiger partial charge in [0, 0.05) is 5.56 Å². The summed E-state index contributed by atoms with van der Waals surface area (Å²) in [6.45, 7) is 1.43. The molecule has 5 heteroatoms. The van der Waals surface area contributed by atoms with Gasteiger partial charge in [0.2, 0.25) is 0 Å². The zero-order valence-corrected chi connectivity index (χ0v) is 8.64. The molecule has 0 radical (unpaired) electrons. The van der Waals surface area contributed by atoms with Crippen molar-refractivity contribution in [2.45, 2.75) is 19.8 Å². The lowest BCUT2D eigenvalue weighted by Gasteiger charge is -2.08. The highest BCUT2D eigenvalue weighted by molar-refractivity contribution is 5.69. The lowest BCUT2D eigenvalue weighted by molar-refractivity contribution is -0.141. The minimum absolute atomic E-state index is 0.0621. The van der Waals surface area contributed by atoms with Crippen LogP contribution in [0.5, 0.6) is 0 Å². The van der Waals surface area contributed by atoms with Crippen molar-refractivity contribution in [1.82, 2.24) is 0 Å². The largest absolute Gasteiger partial charge is 0.481 e. The summed E-state index contributed by atoms with van der Waals surface area (Å²) in [7, 11) is 0. The molecule has 16 heavy (non-hydrogen) atoms. The van der Waals surface area contributed by atoms with Crippen molar-refractivity contribution in [1.29, 1.82) is 0 Å². The van der Waals surface area contributed by atoms with Crippen molar-refractivity contribution in [3.05, 3.63) is 35.1 Å². The van der Waals surface area contributed by atoms with Crippen molar-refractivity contribution < 1.29 is 23.1 Å². The Kier molecular flexibility index (Phi) is 3.93. The lowest BCUT2D eigenvalue weighted by Crippen LogP contribution is -2.11. The maximum atomic E-state index is 13.2. The number of aliphatic carboxylic acids is 1. The first-order valence-corrected chi connectivity index (χ1v) is 4.78. The van der Waals surface area contributed by atoms with Gasteiger partial charge in [0.1, 0.15) is 5.82 Å². The summed E-state index contributed by atoms with van der Waals surface area (Å²) < 4.78 is 39.1. The summed E-state index contributed by atoms with van der Waals surface area (Å²) >= 11 is 0. The van der Waals surface area contributed by atoms with Gasteiger partial charge in [0.25, 0.3) is 0 Å². The molecule has 1 rings (SSSR count). The summed E-state index contributed by atoms with van der Waals surface area (Å²) in [5, 5.41) is 8.59. The number of hydrogen-bond donors (Lipinski definition) is 1. The van der Waals surface area contributed by atoms with Crippen LogP contribution in [-0.4, -0.2) is 11.1 Å². The molecule has 0 heterocycles. The Morgan fingerprint density at radius 2 is 1.88 bits per heavy atom. The third kappa shape index (κ3) is 2.74. The minimum Gasteiger partial charge on any atom is -0.481 e. The van der Waals surface area contributed by atoms with Gasteiger partial charge in [-0.15, -0.1) is 0 Å². The van der Waals surface area contributed by atoms with E-state index in [2.05, 4.69) is 0 Å². The van der Waals surface area contributed by atoms with E-state index in [4.69, 9.17) is 5.11 Å². The molecule has 0 spiro atoms. The van der Waals surface area contributed by atoms with Gasteiger partial charge < -0.3 is 5.11 Å². The molecule has 1 N–H and O–H groups in total. The van der Waals surface area contributed by atoms with E-state index in [1.165, 1.54) is 6.92 Å². The Bertz CT molecular complexity index is 404. The fraction of sp³-hybridized carbons (Fsp3) is 0.364. The topological polar surface area (TPSA) is 37.3 Å². The van der Waals surface area contributed by atoms with Crippen molar-refractivity contribution in [3.63, 3.8) is 0 Å². The van der Waals surface area contributed by atoms with Crippen LogP contribution in [0.3, 0.4) is 0 Å². The standard InChI is InChI=1S/C11H11F3O2/c1-6(11(15)16)2-3-7-8(12)4-5-9(13)10(7)14/h4-6H,2-3H2,1H3,(H,15,16). The molecular formula is C11H11F3O2. The van der Waals surface area contributed by atoms with E-state index < -0.39 is 34.9 Å². The van der Waals surface area contributed by atoms with Crippen LogP contribution < -0.4 is 0 Å². The highest BCUT2D eigenvalue weighted by atomic mass is 19.2. The Labute approximate surface area is 90.7 Å². The summed E-state index contributed by atoms with van der Waals surface area (Å²) in [4.78, 5) is 10.5. The Morgan fingerprint density at radius 1 is 1.31 bits per heavy atom. The van der Waals surface area contributed by atoms with Gasteiger partial charge in [-0.2, -0.15) is 0 Å². The van der Waals surface area contributed by atoms with Crippen LogP contribution in [0.1, 0.15) is 18.9 Å². The number of benzene rings is 1. The van der Waals surface area contributed by atoms with Crippen LogP contribution in [0.2, 0.25) is 0 Å². The molecule has 0 aliphatic rings. The molecule has 2 nitrogen and oxygen atoms in total. The normalized spacial score (nSPS) is 12.5. The van der Waals surface area contributed by atoms with Crippen LogP contribution in [0.25, 0.3) is 0 Å². The summed E-state index contributed by atoms with van der Waals surface area (Å²) in [5.74, 6) is -4.98. The van der Waals surface area contributed by atoms with Gasteiger partial charge in [-0.3, -0.25) is 4.79 Å². The number of hydrogen-bond acceptors (Lipinski definition) is 1. The van der Waals surface area contributed by atoms with Crippen LogP contribution in [0.4, 0.5) is 13.2 Å². The Balaban J connectivity index is 2.81. The highest BCUT2D eigenvalue weighted by Crippen LogP contribution is 2.19. The first-order valence-electron chi connectivity index (χ1n) is 4.78. The van der Waals surface area contributed by atoms with Gasteiger partial charge >= 0.3 is 5.97 Å². The maximum absolute atomic E-state index is 13.2. The van der Waals surface area contributed by atoms with E-state index >= 15 is 0 Å². The molecule has 0 saturated heterocycles. The molecule has 0 amide bonds. The van der Waals surface area contributed by atoms with E-state index in [1.807, 2.05) is 0 Å². The molecule has 1 atom stereocenters. The number of halogens is 3. The van der Waals surface area contributed by atoms with E-state index in [0.717, 1.165) is 6.07 Å². The maximum Gasteiger partial charge on any atom is 0.306 e. The van der Waals surface area contributed by atoms with E-state index in [-0.39, 0.29) is 12.8 Å². The monoisotopic (exact) mass is 232 g/mol. The quantitative estimate of drug-likeness (QED) is 0.810. The van der Waals surface area contributed by atoms with Gasteiger partial charge in [-0.05, 0) is 25.0 Å². The van der Waals surface area contributed by atoms with E-state index in [9.17, 15) is 18.0 Å². The molecule has 88 valence electrons. The molecule has 1 unspecified atom stereocenters. The van der Waals surface area contributed by atoms with Crippen LogP contribution >= 0.6 is 0 Å². The van der Waals surface area contributed by atoms with Crippen LogP contribution in [0.15, 0.2) is 12.1 Å². The van der Waals surface area contributed by atoms with Gasteiger partial charge in [-0.1, -0.05) is 6.92 Å². The summed E-state index contributed by atoms with van der Waals surface area (Å²) in [6, 6.07) is 1.54. The van der Waals surface area contributed by atoms with Gasteiger partial charge in [0.15, 0.2) is 11.6 Å². The average Bonchev–Trinajstić information content (AvgIpc) is 2.23. The van der Waals surface area contributed by atoms with Crippen molar-refractivity contribution in [3.8, 4) is 0 Å². The van der Waals surface area contributed by atoms with Crippen LogP contribution in [-0.2, 0) is 11.2 Å². The molecule has 0 aromatic heterocycles. The number of carbonyl (C=O) groups is 1. The van der Waals surface area contributed by atoms with Crippen LogP contribution in [0, 0.1) is 23.4 Å². The molecule has 1 aromatic rings. The molecule has 1 aromatic carbocycles. The molecule has 0 saturated carbocycles.